The monoisotopic (exact) mass is 505 g/mol. The van der Waals surface area contributed by atoms with Gasteiger partial charge in [0.1, 0.15) is 15.9 Å². The van der Waals surface area contributed by atoms with Gasteiger partial charge in [-0.2, -0.15) is 13.1 Å². The molecule has 0 N–H and O–H groups in total. The standard InChI is InChI=1S/C22H24ClN5O3S2/c23-17-3-1-4-18(15-17)26-11-13-27(14-12-26)22(29)16-7-9-28(10-8-16)33(30,31)20-6-2-5-19-21(20)25-32-24-19/h1-6,15-16H,7-14H2. The first kappa shape index (κ1) is 22.5. The number of rotatable bonds is 4. The number of carbonyl (C=O) groups excluding carboxylic acids is 1. The van der Waals surface area contributed by atoms with Gasteiger partial charge < -0.3 is 9.80 Å². The van der Waals surface area contributed by atoms with Gasteiger partial charge in [-0.1, -0.05) is 23.7 Å². The molecular weight excluding hydrogens is 482 g/mol. The molecule has 3 aromatic rings. The number of fused-ring (bicyclic) bond motifs is 1. The Morgan fingerprint density at radius 1 is 0.970 bits per heavy atom. The van der Waals surface area contributed by atoms with Crippen LogP contribution in [0.2, 0.25) is 5.02 Å². The number of anilines is 1. The summed E-state index contributed by atoms with van der Waals surface area (Å²) in [7, 11) is -3.68. The second-order valence-corrected chi connectivity index (χ2v) is 11.2. The molecule has 5 rings (SSSR count). The van der Waals surface area contributed by atoms with Gasteiger partial charge in [0.25, 0.3) is 0 Å². The Morgan fingerprint density at radius 2 is 1.70 bits per heavy atom. The first-order valence-corrected chi connectivity index (χ1v) is 13.5. The lowest BCUT2D eigenvalue weighted by molar-refractivity contribution is -0.137. The highest BCUT2D eigenvalue weighted by Gasteiger charge is 2.35. The van der Waals surface area contributed by atoms with Crippen molar-refractivity contribution in [2.45, 2.75) is 17.7 Å². The summed E-state index contributed by atoms with van der Waals surface area (Å²) in [5.41, 5.74) is 2.07. The average molecular weight is 506 g/mol. The van der Waals surface area contributed by atoms with Crippen LogP contribution < -0.4 is 4.90 Å². The lowest BCUT2D eigenvalue weighted by Gasteiger charge is -2.39. The SMILES string of the molecule is O=C(C1CCN(S(=O)(=O)c2cccc3nsnc23)CC1)N1CCN(c2cccc(Cl)c2)CC1. The number of piperazine rings is 1. The highest BCUT2D eigenvalue weighted by molar-refractivity contribution is 7.89. The van der Waals surface area contributed by atoms with Crippen LogP contribution in [0.3, 0.4) is 0 Å². The lowest BCUT2D eigenvalue weighted by atomic mass is 9.96. The summed E-state index contributed by atoms with van der Waals surface area (Å²) >= 11 is 7.11. The Hall–Kier alpha value is -2.27. The predicted octanol–water partition coefficient (Wildman–Crippen LogP) is 3.09. The molecule has 0 bridgehead atoms. The van der Waals surface area contributed by atoms with E-state index in [2.05, 4.69) is 13.6 Å². The van der Waals surface area contributed by atoms with Crippen molar-refractivity contribution >= 4 is 56.0 Å². The third-order valence-corrected chi connectivity index (χ3v) is 9.14. The van der Waals surface area contributed by atoms with Crippen LogP contribution in [-0.2, 0) is 14.8 Å². The van der Waals surface area contributed by atoms with Gasteiger partial charge in [0.15, 0.2) is 0 Å². The summed E-state index contributed by atoms with van der Waals surface area (Å²) in [5, 5.41) is 0.704. The minimum atomic E-state index is -3.68. The molecule has 2 saturated heterocycles. The molecule has 11 heteroatoms. The van der Waals surface area contributed by atoms with Crippen LogP contribution in [0.1, 0.15) is 12.8 Å². The number of sulfonamides is 1. The highest BCUT2D eigenvalue weighted by Crippen LogP contribution is 2.29. The molecule has 174 valence electrons. The van der Waals surface area contributed by atoms with Crippen LogP contribution in [0, 0.1) is 5.92 Å². The molecule has 2 fully saturated rings. The highest BCUT2D eigenvalue weighted by atomic mass is 35.5. The molecule has 0 radical (unpaired) electrons. The minimum Gasteiger partial charge on any atom is -0.368 e. The fourth-order valence-corrected chi connectivity index (χ4v) is 6.99. The van der Waals surface area contributed by atoms with Crippen molar-refractivity contribution in [3.63, 3.8) is 0 Å². The number of halogens is 1. The summed E-state index contributed by atoms with van der Waals surface area (Å²) in [6.45, 7) is 3.48. The van der Waals surface area contributed by atoms with Gasteiger partial charge in [-0.05, 0) is 43.2 Å². The van der Waals surface area contributed by atoms with Crippen LogP contribution in [0.4, 0.5) is 5.69 Å². The molecule has 8 nitrogen and oxygen atoms in total. The van der Waals surface area contributed by atoms with Crippen molar-refractivity contribution in [2.75, 3.05) is 44.2 Å². The second-order valence-electron chi connectivity index (χ2n) is 8.36. The van der Waals surface area contributed by atoms with Gasteiger partial charge in [0.05, 0.1) is 11.7 Å². The lowest BCUT2D eigenvalue weighted by Crippen LogP contribution is -2.52. The summed E-state index contributed by atoms with van der Waals surface area (Å²) < 4.78 is 36.2. The van der Waals surface area contributed by atoms with Gasteiger partial charge >= 0.3 is 0 Å². The third-order valence-electron chi connectivity index (χ3n) is 6.43. The van der Waals surface area contributed by atoms with Crippen molar-refractivity contribution < 1.29 is 13.2 Å². The summed E-state index contributed by atoms with van der Waals surface area (Å²) in [6, 6.07) is 12.8. The molecule has 0 atom stereocenters. The van der Waals surface area contributed by atoms with Gasteiger partial charge in [-0.25, -0.2) is 8.42 Å². The van der Waals surface area contributed by atoms with Crippen LogP contribution in [0.5, 0.6) is 0 Å². The van der Waals surface area contributed by atoms with Crippen LogP contribution >= 0.6 is 23.3 Å². The first-order chi connectivity index (χ1) is 15.9. The van der Waals surface area contributed by atoms with E-state index in [1.54, 1.807) is 18.2 Å². The van der Waals surface area contributed by atoms with Gasteiger partial charge in [-0.15, -0.1) is 0 Å². The molecule has 3 heterocycles. The normalized spacial score (nSPS) is 18.7. The Labute approximate surface area is 202 Å². The minimum absolute atomic E-state index is 0.128. The van der Waals surface area contributed by atoms with Crippen LogP contribution in [0.25, 0.3) is 11.0 Å². The molecule has 0 saturated carbocycles. The largest absolute Gasteiger partial charge is 0.368 e. The van der Waals surface area contributed by atoms with Crippen LogP contribution in [-0.4, -0.2) is 71.5 Å². The van der Waals surface area contributed by atoms with E-state index in [-0.39, 0.29) is 16.7 Å². The molecule has 0 aliphatic carbocycles. The van der Waals surface area contributed by atoms with Crippen molar-refractivity contribution in [1.82, 2.24) is 18.0 Å². The topological polar surface area (TPSA) is 86.7 Å². The first-order valence-electron chi connectivity index (χ1n) is 10.9. The van der Waals surface area contributed by atoms with Crippen molar-refractivity contribution in [1.29, 1.82) is 0 Å². The average Bonchev–Trinajstić information content (AvgIpc) is 3.33. The van der Waals surface area contributed by atoms with Crippen molar-refractivity contribution in [3.05, 3.63) is 47.5 Å². The van der Waals surface area contributed by atoms with E-state index < -0.39 is 10.0 Å². The summed E-state index contributed by atoms with van der Waals surface area (Å²) in [5.74, 6) is -0.0190. The van der Waals surface area contributed by atoms with E-state index in [1.807, 2.05) is 29.2 Å². The molecule has 2 aliphatic rings. The molecular formula is C22H24ClN5O3S2. The van der Waals surface area contributed by atoms with E-state index in [1.165, 1.54) is 4.31 Å². The molecule has 33 heavy (non-hydrogen) atoms. The number of piperidine rings is 1. The number of carbonyl (C=O) groups is 1. The zero-order valence-electron chi connectivity index (χ0n) is 17.9. The Morgan fingerprint density at radius 3 is 2.42 bits per heavy atom. The zero-order valence-corrected chi connectivity index (χ0v) is 20.3. The number of hydrogen-bond acceptors (Lipinski definition) is 7. The number of hydrogen-bond donors (Lipinski definition) is 0. The van der Waals surface area contributed by atoms with Gasteiger partial charge in [-0.3, -0.25) is 4.79 Å². The predicted molar refractivity (Wildman–Crippen MR) is 129 cm³/mol. The smallest absolute Gasteiger partial charge is 0.245 e. The molecule has 0 unspecified atom stereocenters. The van der Waals surface area contributed by atoms with Crippen LogP contribution in [0.15, 0.2) is 47.4 Å². The molecule has 1 aromatic heterocycles. The summed E-state index contributed by atoms with van der Waals surface area (Å²) in [4.78, 5) is 17.5. The zero-order chi connectivity index (χ0) is 23.0. The molecule has 2 aromatic carbocycles. The van der Waals surface area contributed by atoms with E-state index in [0.29, 0.717) is 55.1 Å². The van der Waals surface area contributed by atoms with E-state index in [9.17, 15) is 13.2 Å². The van der Waals surface area contributed by atoms with Gasteiger partial charge in [0, 0.05) is 55.9 Å². The fraction of sp³-hybridized carbons (Fsp3) is 0.409. The Bertz CT molecular complexity index is 1270. The van der Waals surface area contributed by atoms with Gasteiger partial charge in [0.2, 0.25) is 15.9 Å². The second kappa shape index (κ2) is 9.17. The number of aromatic nitrogens is 2. The Balaban J connectivity index is 1.19. The fourth-order valence-electron chi connectivity index (χ4n) is 4.59. The maximum absolute atomic E-state index is 13.2. The number of amides is 1. The van der Waals surface area contributed by atoms with E-state index in [0.717, 1.165) is 30.5 Å². The molecule has 1 amide bonds. The molecule has 2 aliphatic heterocycles. The number of nitrogens with zero attached hydrogens (tertiary/aromatic N) is 5. The Kier molecular flexibility index (Phi) is 6.26. The van der Waals surface area contributed by atoms with Crippen molar-refractivity contribution in [3.8, 4) is 0 Å². The number of benzene rings is 2. The third kappa shape index (κ3) is 4.44. The maximum Gasteiger partial charge on any atom is 0.245 e. The van der Waals surface area contributed by atoms with E-state index >= 15 is 0 Å². The summed E-state index contributed by atoms with van der Waals surface area (Å²) in [6.07, 6.45) is 1.05. The van der Waals surface area contributed by atoms with Crippen molar-refractivity contribution in [2.24, 2.45) is 5.92 Å². The molecule has 0 spiro atoms. The quantitative estimate of drug-likeness (QED) is 0.541. The maximum atomic E-state index is 13.2. The van der Waals surface area contributed by atoms with E-state index in [4.69, 9.17) is 11.6 Å².